The molecule has 1 aromatic carbocycles. The van der Waals surface area contributed by atoms with E-state index >= 15 is 0 Å². The summed E-state index contributed by atoms with van der Waals surface area (Å²) in [6, 6.07) is 6.51. The topological polar surface area (TPSA) is 66.4 Å². The molecular formula is C12H17NO3S. The van der Waals surface area contributed by atoms with Crippen molar-refractivity contribution in [2.24, 2.45) is 0 Å². The average Bonchev–Trinajstić information content (AvgIpc) is 2.68. The molecule has 4 nitrogen and oxygen atoms in total. The standard InChI is InChI=1S/C12H17NO3S/c14-12-5-1-3-10(7-12)8-17(15,16)9-11-4-2-6-13-11/h1,3,5,7,11,13-14H,2,4,6,8-9H2. The second-order valence-corrected chi connectivity index (χ2v) is 6.63. The molecule has 0 radical (unpaired) electrons. The van der Waals surface area contributed by atoms with Crippen LogP contribution in [0.3, 0.4) is 0 Å². The SMILES string of the molecule is O=S(=O)(Cc1cccc(O)c1)CC1CCCN1. The van der Waals surface area contributed by atoms with Gasteiger partial charge >= 0.3 is 0 Å². The van der Waals surface area contributed by atoms with Crippen molar-refractivity contribution in [3.63, 3.8) is 0 Å². The van der Waals surface area contributed by atoms with Gasteiger partial charge in [0.25, 0.3) is 0 Å². The predicted octanol–water partition coefficient (Wildman–Crippen LogP) is 1.06. The molecule has 1 heterocycles. The van der Waals surface area contributed by atoms with Crippen LogP contribution in [0.1, 0.15) is 18.4 Å². The van der Waals surface area contributed by atoms with Gasteiger partial charge in [-0.25, -0.2) is 8.42 Å². The summed E-state index contributed by atoms with van der Waals surface area (Å²) < 4.78 is 23.9. The highest BCUT2D eigenvalue weighted by Gasteiger charge is 2.22. The van der Waals surface area contributed by atoms with E-state index in [4.69, 9.17) is 0 Å². The Morgan fingerprint density at radius 3 is 2.88 bits per heavy atom. The molecular weight excluding hydrogens is 238 g/mol. The summed E-state index contributed by atoms with van der Waals surface area (Å²) in [6.07, 6.45) is 1.98. The summed E-state index contributed by atoms with van der Waals surface area (Å²) in [6.45, 7) is 0.909. The van der Waals surface area contributed by atoms with Crippen LogP contribution in [-0.4, -0.2) is 31.9 Å². The van der Waals surface area contributed by atoms with E-state index in [-0.39, 0.29) is 23.3 Å². The number of rotatable bonds is 4. The normalized spacial score (nSPS) is 20.6. The Morgan fingerprint density at radius 2 is 2.24 bits per heavy atom. The zero-order valence-electron chi connectivity index (χ0n) is 9.59. The van der Waals surface area contributed by atoms with Crippen molar-refractivity contribution >= 4 is 9.84 Å². The smallest absolute Gasteiger partial charge is 0.155 e. The monoisotopic (exact) mass is 255 g/mol. The lowest BCUT2D eigenvalue weighted by atomic mass is 10.2. The first-order chi connectivity index (χ1) is 8.05. The van der Waals surface area contributed by atoms with Crippen molar-refractivity contribution in [3.05, 3.63) is 29.8 Å². The maximum Gasteiger partial charge on any atom is 0.155 e. The van der Waals surface area contributed by atoms with Gasteiger partial charge < -0.3 is 10.4 Å². The van der Waals surface area contributed by atoms with E-state index in [1.807, 2.05) is 0 Å². The van der Waals surface area contributed by atoms with Crippen LogP contribution in [0.4, 0.5) is 0 Å². The number of hydrogen-bond donors (Lipinski definition) is 2. The Morgan fingerprint density at radius 1 is 1.41 bits per heavy atom. The van der Waals surface area contributed by atoms with Crippen molar-refractivity contribution in [1.82, 2.24) is 5.32 Å². The van der Waals surface area contributed by atoms with Crippen LogP contribution in [0.25, 0.3) is 0 Å². The highest BCUT2D eigenvalue weighted by Crippen LogP contribution is 2.16. The molecule has 1 saturated heterocycles. The first-order valence-electron chi connectivity index (χ1n) is 5.77. The number of aromatic hydroxyl groups is 1. The molecule has 1 aliphatic heterocycles. The van der Waals surface area contributed by atoms with Gasteiger partial charge in [0.1, 0.15) is 5.75 Å². The van der Waals surface area contributed by atoms with Gasteiger partial charge in [0, 0.05) is 6.04 Å². The number of phenols is 1. The zero-order valence-corrected chi connectivity index (χ0v) is 10.4. The molecule has 0 saturated carbocycles. The van der Waals surface area contributed by atoms with Gasteiger partial charge in [-0.15, -0.1) is 0 Å². The number of hydrogen-bond acceptors (Lipinski definition) is 4. The average molecular weight is 255 g/mol. The van der Waals surface area contributed by atoms with Crippen molar-refractivity contribution in [2.75, 3.05) is 12.3 Å². The molecule has 0 aromatic heterocycles. The van der Waals surface area contributed by atoms with Crippen LogP contribution in [0.2, 0.25) is 0 Å². The second-order valence-electron chi connectivity index (χ2n) is 4.52. The van der Waals surface area contributed by atoms with Crippen LogP contribution >= 0.6 is 0 Å². The third-order valence-corrected chi connectivity index (χ3v) is 4.60. The third-order valence-electron chi connectivity index (χ3n) is 2.91. The van der Waals surface area contributed by atoms with Crippen LogP contribution in [-0.2, 0) is 15.6 Å². The lowest BCUT2D eigenvalue weighted by Gasteiger charge is -2.10. The van der Waals surface area contributed by atoms with Gasteiger partial charge in [0.15, 0.2) is 9.84 Å². The van der Waals surface area contributed by atoms with E-state index in [2.05, 4.69) is 5.32 Å². The predicted molar refractivity (Wildman–Crippen MR) is 66.6 cm³/mol. The fourth-order valence-corrected chi connectivity index (χ4v) is 3.87. The molecule has 0 aliphatic carbocycles. The van der Waals surface area contributed by atoms with E-state index in [1.54, 1.807) is 12.1 Å². The van der Waals surface area contributed by atoms with Gasteiger partial charge in [-0.3, -0.25) is 0 Å². The van der Waals surface area contributed by atoms with Crippen molar-refractivity contribution in [2.45, 2.75) is 24.6 Å². The maximum absolute atomic E-state index is 11.9. The highest BCUT2D eigenvalue weighted by molar-refractivity contribution is 7.90. The van der Waals surface area contributed by atoms with Crippen molar-refractivity contribution < 1.29 is 13.5 Å². The summed E-state index contributed by atoms with van der Waals surface area (Å²) in [5.74, 6) is 0.291. The summed E-state index contributed by atoms with van der Waals surface area (Å²) in [5.41, 5.74) is 0.642. The van der Waals surface area contributed by atoms with E-state index in [0.29, 0.717) is 5.56 Å². The third kappa shape index (κ3) is 3.71. The molecule has 1 aromatic rings. The van der Waals surface area contributed by atoms with Crippen LogP contribution < -0.4 is 5.32 Å². The van der Waals surface area contributed by atoms with Gasteiger partial charge in [0.05, 0.1) is 11.5 Å². The molecule has 1 atom stereocenters. The minimum absolute atomic E-state index is 0.000417. The zero-order chi connectivity index (χ0) is 12.3. The van der Waals surface area contributed by atoms with Crippen molar-refractivity contribution in [3.8, 4) is 5.75 Å². The van der Waals surface area contributed by atoms with Crippen molar-refractivity contribution in [1.29, 1.82) is 0 Å². The molecule has 17 heavy (non-hydrogen) atoms. The molecule has 5 heteroatoms. The first kappa shape index (κ1) is 12.4. The molecule has 1 fully saturated rings. The Hall–Kier alpha value is -1.07. The van der Waals surface area contributed by atoms with Crippen LogP contribution in [0.5, 0.6) is 5.75 Å². The molecule has 0 bridgehead atoms. The van der Waals surface area contributed by atoms with Gasteiger partial charge in [0.2, 0.25) is 0 Å². The summed E-state index contributed by atoms with van der Waals surface area (Å²) in [7, 11) is -3.11. The van der Waals surface area contributed by atoms with Gasteiger partial charge in [-0.05, 0) is 37.1 Å². The number of phenolic OH excluding ortho intramolecular Hbond substituents is 1. The van der Waals surface area contributed by atoms with E-state index in [0.717, 1.165) is 19.4 Å². The fraction of sp³-hybridized carbons (Fsp3) is 0.500. The highest BCUT2D eigenvalue weighted by atomic mass is 32.2. The summed E-state index contributed by atoms with van der Waals surface area (Å²) in [4.78, 5) is 0. The Balaban J connectivity index is 2.01. The largest absolute Gasteiger partial charge is 0.508 e. The first-order valence-corrected chi connectivity index (χ1v) is 7.59. The van der Waals surface area contributed by atoms with E-state index in [9.17, 15) is 13.5 Å². The van der Waals surface area contributed by atoms with Gasteiger partial charge in [-0.2, -0.15) is 0 Å². The molecule has 2 rings (SSSR count). The summed E-state index contributed by atoms with van der Waals surface area (Å²) in [5, 5.41) is 12.5. The number of sulfone groups is 1. The molecule has 0 spiro atoms. The Labute approximate surface area is 102 Å². The molecule has 1 aliphatic rings. The Kier molecular flexibility index (Phi) is 3.69. The van der Waals surface area contributed by atoms with Gasteiger partial charge in [-0.1, -0.05) is 12.1 Å². The molecule has 1 unspecified atom stereocenters. The maximum atomic E-state index is 11.9. The van der Waals surface area contributed by atoms with Crippen LogP contribution in [0.15, 0.2) is 24.3 Å². The quantitative estimate of drug-likeness (QED) is 0.844. The lowest BCUT2D eigenvalue weighted by molar-refractivity contribution is 0.475. The minimum Gasteiger partial charge on any atom is -0.508 e. The summed E-state index contributed by atoms with van der Waals surface area (Å²) >= 11 is 0. The minimum atomic E-state index is -3.11. The molecule has 94 valence electrons. The molecule has 0 amide bonds. The van der Waals surface area contributed by atoms with E-state index in [1.165, 1.54) is 12.1 Å². The fourth-order valence-electron chi connectivity index (χ4n) is 2.16. The second kappa shape index (κ2) is 5.06. The Bertz CT molecular complexity index is 478. The number of nitrogens with one attached hydrogen (secondary N) is 1. The lowest BCUT2D eigenvalue weighted by Crippen LogP contribution is -2.30. The number of benzene rings is 1. The van der Waals surface area contributed by atoms with E-state index < -0.39 is 9.84 Å². The molecule has 2 N–H and O–H groups in total. The van der Waals surface area contributed by atoms with Crippen LogP contribution in [0, 0.1) is 0 Å².